The minimum absolute atomic E-state index is 0.0916. The van der Waals surface area contributed by atoms with E-state index in [0.717, 1.165) is 4.68 Å². The van der Waals surface area contributed by atoms with Gasteiger partial charge in [0.05, 0.1) is 6.10 Å². The van der Waals surface area contributed by atoms with Gasteiger partial charge in [-0.05, 0) is 18.9 Å². The molecule has 1 saturated carbocycles. The van der Waals surface area contributed by atoms with Crippen LogP contribution in [0.15, 0.2) is 16.9 Å². The fourth-order valence-electron chi connectivity index (χ4n) is 2.30. The van der Waals surface area contributed by atoms with E-state index in [2.05, 4.69) is 10.4 Å². The lowest BCUT2D eigenvalue weighted by atomic mass is 10.1. The Hall–Kier alpha value is -1.73. The maximum absolute atomic E-state index is 11.9. The Kier molecular flexibility index (Phi) is 3.96. The molecule has 1 aliphatic carbocycles. The Morgan fingerprint density at radius 2 is 2.26 bits per heavy atom. The van der Waals surface area contributed by atoms with E-state index < -0.39 is 6.10 Å². The molecule has 19 heavy (non-hydrogen) atoms. The highest BCUT2D eigenvalue weighted by molar-refractivity contribution is 5.92. The monoisotopic (exact) mass is 267 g/mol. The molecule has 1 fully saturated rings. The van der Waals surface area contributed by atoms with Crippen molar-refractivity contribution in [2.24, 2.45) is 13.0 Å². The Labute approximate surface area is 109 Å². The Morgan fingerprint density at radius 1 is 1.53 bits per heavy atom. The van der Waals surface area contributed by atoms with Crippen molar-refractivity contribution in [1.82, 2.24) is 15.1 Å². The molecule has 3 unspecified atom stereocenters. The van der Waals surface area contributed by atoms with E-state index in [4.69, 9.17) is 5.11 Å². The van der Waals surface area contributed by atoms with Gasteiger partial charge in [-0.25, -0.2) is 4.68 Å². The number of rotatable bonds is 3. The molecule has 0 radical (unpaired) electrons. The summed E-state index contributed by atoms with van der Waals surface area (Å²) in [6, 6.07) is 2.47. The molecule has 0 aliphatic heterocycles. The highest BCUT2D eigenvalue weighted by atomic mass is 16.3. The second-order valence-electron chi connectivity index (χ2n) is 4.83. The highest BCUT2D eigenvalue weighted by Crippen LogP contribution is 2.25. The number of nitrogens with one attached hydrogen (secondary N) is 1. The molecule has 3 atom stereocenters. The van der Waals surface area contributed by atoms with Crippen LogP contribution in [-0.2, 0) is 7.05 Å². The van der Waals surface area contributed by atoms with Gasteiger partial charge in [0.2, 0.25) is 0 Å². The lowest BCUT2D eigenvalue weighted by Gasteiger charge is -2.12. The standard InChI is InChI=1S/C12H17N3O4/c1-15-11(18)3-2-9(14-15)12(19)13-8-4-7(6-16)10(17)5-8/h2-3,7-8,10,16-17H,4-6H2,1H3,(H,13,19). The summed E-state index contributed by atoms with van der Waals surface area (Å²) in [5.74, 6) is -0.579. The largest absolute Gasteiger partial charge is 0.396 e. The molecule has 104 valence electrons. The molecule has 1 aromatic rings. The van der Waals surface area contributed by atoms with Crippen LogP contribution < -0.4 is 10.9 Å². The van der Waals surface area contributed by atoms with Crippen molar-refractivity contribution >= 4 is 5.91 Å². The molecule has 2 rings (SSSR count). The first-order valence-electron chi connectivity index (χ1n) is 6.15. The van der Waals surface area contributed by atoms with E-state index in [1.54, 1.807) is 0 Å². The summed E-state index contributed by atoms with van der Waals surface area (Å²) in [7, 11) is 1.47. The summed E-state index contributed by atoms with van der Waals surface area (Å²) in [6.45, 7) is -0.0916. The van der Waals surface area contributed by atoms with Gasteiger partial charge in [0.15, 0.2) is 0 Å². The Balaban J connectivity index is 2.02. The predicted molar refractivity (Wildman–Crippen MR) is 66.5 cm³/mol. The van der Waals surface area contributed by atoms with E-state index in [1.807, 2.05) is 0 Å². The highest BCUT2D eigenvalue weighted by Gasteiger charge is 2.33. The zero-order valence-electron chi connectivity index (χ0n) is 10.6. The number of carbonyl (C=O) groups is 1. The van der Waals surface area contributed by atoms with Crippen LogP contribution >= 0.6 is 0 Å². The molecule has 7 heteroatoms. The maximum atomic E-state index is 11.9. The molecule has 0 aromatic carbocycles. The minimum Gasteiger partial charge on any atom is -0.396 e. The van der Waals surface area contributed by atoms with Crippen LogP contribution in [0.25, 0.3) is 0 Å². The van der Waals surface area contributed by atoms with Gasteiger partial charge in [-0.1, -0.05) is 0 Å². The van der Waals surface area contributed by atoms with Gasteiger partial charge in [0, 0.05) is 31.7 Å². The van der Waals surface area contributed by atoms with Crippen LogP contribution in [0.5, 0.6) is 0 Å². The number of hydrogen-bond donors (Lipinski definition) is 3. The number of amides is 1. The summed E-state index contributed by atoms with van der Waals surface area (Å²) >= 11 is 0. The van der Waals surface area contributed by atoms with Crippen LogP contribution in [0.3, 0.4) is 0 Å². The van der Waals surface area contributed by atoms with Crippen LogP contribution in [-0.4, -0.2) is 44.7 Å². The number of nitrogens with zero attached hydrogens (tertiary/aromatic N) is 2. The third kappa shape index (κ3) is 2.99. The van der Waals surface area contributed by atoms with Gasteiger partial charge in [0.25, 0.3) is 11.5 Å². The average molecular weight is 267 g/mol. The summed E-state index contributed by atoms with van der Waals surface area (Å²) in [5.41, 5.74) is -0.128. The van der Waals surface area contributed by atoms with E-state index in [1.165, 1.54) is 19.2 Å². The van der Waals surface area contributed by atoms with Crippen molar-refractivity contribution in [3.8, 4) is 0 Å². The van der Waals surface area contributed by atoms with E-state index in [9.17, 15) is 14.7 Å². The molecule has 0 saturated heterocycles. The predicted octanol–water partition coefficient (Wildman–Crippen LogP) is -1.36. The lowest BCUT2D eigenvalue weighted by Crippen LogP contribution is -2.35. The van der Waals surface area contributed by atoms with Gasteiger partial charge in [0.1, 0.15) is 5.69 Å². The number of carbonyl (C=O) groups excluding carboxylic acids is 1. The molecular weight excluding hydrogens is 250 g/mol. The number of hydrogen-bond acceptors (Lipinski definition) is 5. The minimum atomic E-state index is -0.594. The fraction of sp³-hybridized carbons (Fsp3) is 0.583. The summed E-state index contributed by atoms with van der Waals surface area (Å²) in [4.78, 5) is 23.1. The third-order valence-corrected chi connectivity index (χ3v) is 3.42. The first-order valence-corrected chi connectivity index (χ1v) is 6.15. The number of aromatic nitrogens is 2. The Morgan fingerprint density at radius 3 is 2.84 bits per heavy atom. The van der Waals surface area contributed by atoms with Crippen LogP contribution in [0.1, 0.15) is 23.3 Å². The molecule has 1 aliphatic rings. The van der Waals surface area contributed by atoms with Crippen molar-refractivity contribution in [3.63, 3.8) is 0 Å². The third-order valence-electron chi connectivity index (χ3n) is 3.42. The van der Waals surface area contributed by atoms with E-state index in [0.29, 0.717) is 12.8 Å². The zero-order valence-corrected chi connectivity index (χ0v) is 10.6. The number of aryl methyl sites for hydroxylation is 1. The first kappa shape index (κ1) is 13.7. The average Bonchev–Trinajstić information content (AvgIpc) is 2.72. The van der Waals surface area contributed by atoms with E-state index in [-0.39, 0.29) is 35.7 Å². The van der Waals surface area contributed by atoms with Gasteiger partial charge < -0.3 is 15.5 Å². The topological polar surface area (TPSA) is 104 Å². The smallest absolute Gasteiger partial charge is 0.271 e. The quantitative estimate of drug-likeness (QED) is 0.627. The van der Waals surface area contributed by atoms with Crippen molar-refractivity contribution < 1.29 is 15.0 Å². The second kappa shape index (κ2) is 5.50. The van der Waals surface area contributed by atoms with Gasteiger partial charge >= 0.3 is 0 Å². The summed E-state index contributed by atoms with van der Waals surface area (Å²) < 4.78 is 1.09. The zero-order chi connectivity index (χ0) is 14.0. The molecule has 1 amide bonds. The fourth-order valence-corrected chi connectivity index (χ4v) is 2.30. The van der Waals surface area contributed by atoms with Crippen molar-refractivity contribution in [2.45, 2.75) is 25.0 Å². The van der Waals surface area contributed by atoms with Crippen molar-refractivity contribution in [2.75, 3.05) is 6.61 Å². The molecule has 1 heterocycles. The summed E-state index contributed by atoms with van der Waals surface area (Å²) in [6.07, 6.45) is 0.362. The van der Waals surface area contributed by atoms with Crippen LogP contribution in [0.4, 0.5) is 0 Å². The summed E-state index contributed by atoms with van der Waals surface area (Å²) in [5, 5.41) is 25.3. The van der Waals surface area contributed by atoms with Gasteiger partial charge in [-0.2, -0.15) is 5.10 Å². The maximum Gasteiger partial charge on any atom is 0.271 e. The van der Waals surface area contributed by atoms with Crippen LogP contribution in [0.2, 0.25) is 0 Å². The van der Waals surface area contributed by atoms with Crippen molar-refractivity contribution in [3.05, 3.63) is 28.2 Å². The number of aliphatic hydroxyl groups is 2. The lowest BCUT2D eigenvalue weighted by molar-refractivity contribution is 0.0902. The normalized spacial score (nSPS) is 26.4. The Bertz CT molecular complexity index is 528. The molecule has 7 nitrogen and oxygen atoms in total. The second-order valence-corrected chi connectivity index (χ2v) is 4.83. The number of aliphatic hydroxyl groups excluding tert-OH is 2. The molecule has 0 spiro atoms. The molecule has 3 N–H and O–H groups in total. The van der Waals surface area contributed by atoms with Crippen LogP contribution in [0, 0.1) is 5.92 Å². The van der Waals surface area contributed by atoms with Gasteiger partial charge in [-0.15, -0.1) is 0 Å². The molecule has 1 aromatic heterocycles. The SMILES string of the molecule is Cn1nc(C(=O)NC2CC(O)C(CO)C2)ccc1=O. The van der Waals surface area contributed by atoms with Gasteiger partial charge in [-0.3, -0.25) is 9.59 Å². The van der Waals surface area contributed by atoms with E-state index >= 15 is 0 Å². The first-order chi connectivity index (χ1) is 9.01. The van der Waals surface area contributed by atoms with Crippen molar-refractivity contribution in [1.29, 1.82) is 0 Å². The molecular formula is C12H17N3O4. The molecule has 0 bridgehead atoms.